The molecule has 0 radical (unpaired) electrons. The highest BCUT2D eigenvalue weighted by molar-refractivity contribution is 5.80. The minimum Gasteiger partial charge on any atom is -0.493 e. The van der Waals surface area contributed by atoms with Crippen molar-refractivity contribution in [2.24, 2.45) is 5.73 Å². The van der Waals surface area contributed by atoms with E-state index < -0.39 is 0 Å². The molecule has 0 amide bonds. The topological polar surface area (TPSA) is 62.3 Å². The molecule has 0 saturated heterocycles. The van der Waals surface area contributed by atoms with Gasteiger partial charge in [0.2, 0.25) is 0 Å². The lowest BCUT2D eigenvalue weighted by Gasteiger charge is -2.13. The fourth-order valence-electron chi connectivity index (χ4n) is 2.39. The first-order valence-corrected chi connectivity index (χ1v) is 7.03. The summed E-state index contributed by atoms with van der Waals surface area (Å²) in [6.45, 7) is 5.12. The molecule has 5 nitrogen and oxygen atoms in total. The SMILES string of the molecule is CCCn1c(C(N)CC)nc2cc(OC)c(OC)cc21. The van der Waals surface area contributed by atoms with Crippen molar-refractivity contribution < 1.29 is 9.47 Å². The Hall–Kier alpha value is -1.75. The Morgan fingerprint density at radius 1 is 1.20 bits per heavy atom. The van der Waals surface area contributed by atoms with Crippen molar-refractivity contribution in [2.75, 3.05) is 14.2 Å². The molecule has 1 aromatic heterocycles. The molecule has 1 aromatic carbocycles. The number of aromatic nitrogens is 2. The van der Waals surface area contributed by atoms with Crippen LogP contribution in [0.1, 0.15) is 38.6 Å². The minimum absolute atomic E-state index is 0.0501. The van der Waals surface area contributed by atoms with Crippen molar-refractivity contribution >= 4 is 11.0 Å². The number of fused-ring (bicyclic) bond motifs is 1. The van der Waals surface area contributed by atoms with Gasteiger partial charge in [-0.25, -0.2) is 4.98 Å². The maximum Gasteiger partial charge on any atom is 0.163 e. The smallest absolute Gasteiger partial charge is 0.163 e. The van der Waals surface area contributed by atoms with Crippen LogP contribution in [0.3, 0.4) is 0 Å². The normalized spacial score (nSPS) is 12.7. The summed E-state index contributed by atoms with van der Waals surface area (Å²) in [5.41, 5.74) is 8.13. The molecule has 0 aliphatic heterocycles. The summed E-state index contributed by atoms with van der Waals surface area (Å²) >= 11 is 0. The molecule has 0 aliphatic rings. The van der Waals surface area contributed by atoms with E-state index in [1.165, 1.54) is 0 Å². The van der Waals surface area contributed by atoms with Gasteiger partial charge >= 0.3 is 0 Å². The van der Waals surface area contributed by atoms with Crippen LogP contribution >= 0.6 is 0 Å². The molecule has 1 unspecified atom stereocenters. The summed E-state index contributed by atoms with van der Waals surface area (Å²) in [6, 6.07) is 3.83. The van der Waals surface area contributed by atoms with Gasteiger partial charge in [-0.05, 0) is 12.8 Å². The van der Waals surface area contributed by atoms with Gasteiger partial charge in [-0.1, -0.05) is 13.8 Å². The largest absolute Gasteiger partial charge is 0.493 e. The third kappa shape index (κ3) is 2.45. The number of nitrogens with two attached hydrogens (primary N) is 1. The lowest BCUT2D eigenvalue weighted by atomic mass is 10.2. The first kappa shape index (κ1) is 14.7. The molecule has 110 valence electrons. The number of ether oxygens (including phenoxy) is 2. The average Bonchev–Trinajstić information content (AvgIpc) is 2.83. The third-order valence-corrected chi connectivity index (χ3v) is 3.50. The number of nitrogens with zero attached hydrogens (tertiary/aromatic N) is 2. The van der Waals surface area contributed by atoms with Crippen molar-refractivity contribution in [1.29, 1.82) is 0 Å². The molecule has 0 spiro atoms. The van der Waals surface area contributed by atoms with Crippen LogP contribution < -0.4 is 15.2 Å². The summed E-state index contributed by atoms with van der Waals surface area (Å²) in [6.07, 6.45) is 1.89. The number of hydrogen-bond donors (Lipinski definition) is 1. The van der Waals surface area contributed by atoms with Crippen LogP contribution in [0.5, 0.6) is 11.5 Å². The number of aryl methyl sites for hydroxylation is 1. The first-order valence-electron chi connectivity index (χ1n) is 7.03. The molecular weight excluding hydrogens is 254 g/mol. The molecule has 1 atom stereocenters. The number of imidazole rings is 1. The van der Waals surface area contributed by atoms with Gasteiger partial charge in [0.25, 0.3) is 0 Å². The maximum absolute atomic E-state index is 6.18. The predicted molar refractivity (Wildman–Crippen MR) is 80.3 cm³/mol. The monoisotopic (exact) mass is 277 g/mol. The Labute approximate surface area is 119 Å². The van der Waals surface area contributed by atoms with Crippen LogP contribution in [0.4, 0.5) is 0 Å². The third-order valence-electron chi connectivity index (χ3n) is 3.50. The molecule has 0 saturated carbocycles. The van der Waals surface area contributed by atoms with Crippen LogP contribution in [-0.4, -0.2) is 23.8 Å². The van der Waals surface area contributed by atoms with Crippen LogP contribution in [-0.2, 0) is 6.54 Å². The zero-order chi connectivity index (χ0) is 14.7. The van der Waals surface area contributed by atoms with Crippen molar-refractivity contribution in [3.05, 3.63) is 18.0 Å². The Balaban J connectivity index is 2.67. The highest BCUT2D eigenvalue weighted by Gasteiger charge is 2.18. The second kappa shape index (κ2) is 6.13. The highest BCUT2D eigenvalue weighted by atomic mass is 16.5. The molecule has 0 aliphatic carbocycles. The average molecular weight is 277 g/mol. The van der Waals surface area contributed by atoms with Crippen molar-refractivity contribution in [2.45, 2.75) is 39.3 Å². The van der Waals surface area contributed by atoms with Crippen LogP contribution in [0.15, 0.2) is 12.1 Å². The van der Waals surface area contributed by atoms with Crippen molar-refractivity contribution in [1.82, 2.24) is 9.55 Å². The lowest BCUT2D eigenvalue weighted by molar-refractivity contribution is 0.355. The fraction of sp³-hybridized carbons (Fsp3) is 0.533. The number of methoxy groups -OCH3 is 2. The molecular formula is C15H23N3O2. The standard InChI is InChI=1S/C15H23N3O2/c1-5-7-18-12-9-14(20-4)13(19-3)8-11(12)17-15(18)10(16)6-2/h8-10H,5-7,16H2,1-4H3. The van der Waals surface area contributed by atoms with E-state index in [9.17, 15) is 0 Å². The zero-order valence-electron chi connectivity index (χ0n) is 12.6. The minimum atomic E-state index is -0.0501. The molecule has 1 heterocycles. The molecule has 2 aromatic rings. The van der Waals surface area contributed by atoms with E-state index in [2.05, 4.69) is 23.4 Å². The quantitative estimate of drug-likeness (QED) is 0.882. The number of hydrogen-bond acceptors (Lipinski definition) is 4. The molecule has 2 N–H and O–H groups in total. The van der Waals surface area contributed by atoms with E-state index in [0.29, 0.717) is 11.5 Å². The van der Waals surface area contributed by atoms with Gasteiger partial charge in [-0.15, -0.1) is 0 Å². The number of benzene rings is 1. The van der Waals surface area contributed by atoms with Crippen LogP contribution in [0, 0.1) is 0 Å². The van der Waals surface area contributed by atoms with Crippen molar-refractivity contribution in [3.8, 4) is 11.5 Å². The molecule has 5 heteroatoms. The highest BCUT2D eigenvalue weighted by Crippen LogP contribution is 2.33. The first-order chi connectivity index (χ1) is 9.65. The van der Waals surface area contributed by atoms with E-state index >= 15 is 0 Å². The second-order valence-electron chi connectivity index (χ2n) is 4.83. The van der Waals surface area contributed by atoms with Gasteiger partial charge < -0.3 is 19.8 Å². The van der Waals surface area contributed by atoms with Gasteiger partial charge in [-0.2, -0.15) is 0 Å². The summed E-state index contributed by atoms with van der Waals surface area (Å²) in [5, 5.41) is 0. The van der Waals surface area contributed by atoms with Gasteiger partial charge in [0.15, 0.2) is 11.5 Å². The van der Waals surface area contributed by atoms with Gasteiger partial charge in [-0.3, -0.25) is 0 Å². The maximum atomic E-state index is 6.18. The summed E-state index contributed by atoms with van der Waals surface area (Å²) in [4.78, 5) is 4.69. The van der Waals surface area contributed by atoms with Gasteiger partial charge in [0.1, 0.15) is 5.82 Å². The van der Waals surface area contributed by atoms with E-state index in [4.69, 9.17) is 15.2 Å². The van der Waals surface area contributed by atoms with Gasteiger partial charge in [0, 0.05) is 18.7 Å². The summed E-state index contributed by atoms with van der Waals surface area (Å²) in [7, 11) is 3.27. The summed E-state index contributed by atoms with van der Waals surface area (Å²) < 4.78 is 12.9. The Bertz CT molecular complexity index is 592. The Morgan fingerprint density at radius 2 is 1.85 bits per heavy atom. The van der Waals surface area contributed by atoms with E-state index in [0.717, 1.165) is 36.2 Å². The van der Waals surface area contributed by atoms with E-state index in [-0.39, 0.29) is 6.04 Å². The Kier molecular flexibility index (Phi) is 4.49. The fourth-order valence-corrected chi connectivity index (χ4v) is 2.39. The van der Waals surface area contributed by atoms with E-state index in [1.54, 1.807) is 14.2 Å². The van der Waals surface area contributed by atoms with Crippen molar-refractivity contribution in [3.63, 3.8) is 0 Å². The molecule has 0 bridgehead atoms. The van der Waals surface area contributed by atoms with Crippen LogP contribution in [0.25, 0.3) is 11.0 Å². The van der Waals surface area contributed by atoms with Crippen LogP contribution in [0.2, 0.25) is 0 Å². The van der Waals surface area contributed by atoms with E-state index in [1.807, 2.05) is 12.1 Å². The second-order valence-corrected chi connectivity index (χ2v) is 4.83. The molecule has 20 heavy (non-hydrogen) atoms. The lowest BCUT2D eigenvalue weighted by Crippen LogP contribution is -2.15. The van der Waals surface area contributed by atoms with Gasteiger partial charge in [0.05, 0.1) is 31.3 Å². The molecule has 0 fully saturated rings. The zero-order valence-corrected chi connectivity index (χ0v) is 12.6. The summed E-state index contributed by atoms with van der Waals surface area (Å²) in [5.74, 6) is 2.34. The predicted octanol–water partition coefficient (Wildman–Crippen LogP) is 2.87. The number of rotatable bonds is 6. The molecule has 2 rings (SSSR count). The Morgan fingerprint density at radius 3 is 2.40 bits per heavy atom.